The average Bonchev–Trinajstić information content (AvgIpc) is 2.59. The third-order valence-corrected chi connectivity index (χ3v) is 6.38. The van der Waals surface area contributed by atoms with Gasteiger partial charge in [-0.05, 0) is 42.8 Å². The van der Waals surface area contributed by atoms with E-state index in [1.807, 2.05) is 0 Å². The van der Waals surface area contributed by atoms with Crippen molar-refractivity contribution in [3.63, 3.8) is 0 Å². The molecule has 0 aliphatic carbocycles. The SMILES string of the molecule is COC(=O)c1cccc(S(=O)(=O)N(C)[C@H](C)c2ccc(Cl)cc2Cl)c1. The van der Waals surface area contributed by atoms with Crippen LogP contribution < -0.4 is 0 Å². The van der Waals surface area contributed by atoms with Gasteiger partial charge in [-0.15, -0.1) is 0 Å². The highest BCUT2D eigenvalue weighted by Gasteiger charge is 2.28. The number of hydrogen-bond donors (Lipinski definition) is 0. The molecule has 0 amide bonds. The van der Waals surface area contributed by atoms with Gasteiger partial charge in [-0.3, -0.25) is 0 Å². The van der Waals surface area contributed by atoms with Crippen molar-refractivity contribution in [1.29, 1.82) is 0 Å². The lowest BCUT2D eigenvalue weighted by atomic mass is 10.1. The van der Waals surface area contributed by atoms with Crippen molar-refractivity contribution in [3.8, 4) is 0 Å². The van der Waals surface area contributed by atoms with Crippen LogP contribution in [0.2, 0.25) is 10.0 Å². The molecular formula is C17H17Cl2NO4S. The van der Waals surface area contributed by atoms with E-state index in [4.69, 9.17) is 23.2 Å². The number of esters is 1. The van der Waals surface area contributed by atoms with Crippen LogP contribution in [0.25, 0.3) is 0 Å². The van der Waals surface area contributed by atoms with Crippen LogP contribution in [0.5, 0.6) is 0 Å². The molecule has 0 aliphatic rings. The zero-order chi connectivity index (χ0) is 18.8. The first-order chi connectivity index (χ1) is 11.7. The number of rotatable bonds is 5. The molecule has 2 rings (SSSR count). The van der Waals surface area contributed by atoms with Crippen molar-refractivity contribution in [2.24, 2.45) is 0 Å². The Labute approximate surface area is 157 Å². The second-order valence-electron chi connectivity index (χ2n) is 5.38. The summed E-state index contributed by atoms with van der Waals surface area (Å²) in [6.45, 7) is 1.72. The fraction of sp³-hybridized carbons (Fsp3) is 0.235. The monoisotopic (exact) mass is 401 g/mol. The van der Waals surface area contributed by atoms with E-state index in [0.29, 0.717) is 15.6 Å². The Balaban J connectivity index is 2.40. The van der Waals surface area contributed by atoms with Gasteiger partial charge in [0.15, 0.2) is 0 Å². The highest BCUT2D eigenvalue weighted by atomic mass is 35.5. The summed E-state index contributed by atoms with van der Waals surface area (Å²) in [5.41, 5.74) is 0.787. The number of methoxy groups -OCH3 is 1. The predicted octanol–water partition coefficient (Wildman–Crippen LogP) is 4.16. The molecule has 0 unspecified atom stereocenters. The second kappa shape index (κ2) is 7.74. The van der Waals surface area contributed by atoms with Gasteiger partial charge in [-0.1, -0.05) is 35.3 Å². The predicted molar refractivity (Wildman–Crippen MR) is 97.6 cm³/mol. The summed E-state index contributed by atoms with van der Waals surface area (Å²) in [6, 6.07) is 10.1. The molecule has 0 saturated heterocycles. The first-order valence-electron chi connectivity index (χ1n) is 7.30. The Morgan fingerprint density at radius 1 is 1.16 bits per heavy atom. The Kier molecular flexibility index (Phi) is 6.11. The average molecular weight is 402 g/mol. The molecule has 2 aromatic rings. The van der Waals surface area contributed by atoms with Gasteiger partial charge in [0.1, 0.15) is 0 Å². The molecule has 5 nitrogen and oxygen atoms in total. The summed E-state index contributed by atoms with van der Waals surface area (Å²) in [4.78, 5) is 11.6. The molecule has 0 radical (unpaired) electrons. The van der Waals surface area contributed by atoms with Crippen LogP contribution in [0.1, 0.15) is 28.9 Å². The molecule has 1 atom stereocenters. The lowest BCUT2D eigenvalue weighted by molar-refractivity contribution is 0.0600. The minimum absolute atomic E-state index is 0.00478. The van der Waals surface area contributed by atoms with Crippen LogP contribution in [-0.4, -0.2) is 32.8 Å². The molecule has 0 aromatic heterocycles. The number of ether oxygens (including phenoxy) is 1. The first kappa shape index (κ1) is 19.7. The van der Waals surface area contributed by atoms with Crippen LogP contribution in [0.15, 0.2) is 47.4 Å². The third kappa shape index (κ3) is 4.15. The number of nitrogens with zero attached hydrogens (tertiary/aromatic N) is 1. The summed E-state index contributed by atoms with van der Waals surface area (Å²) in [5.74, 6) is -0.603. The van der Waals surface area contributed by atoms with Gasteiger partial charge in [0.2, 0.25) is 10.0 Å². The van der Waals surface area contributed by atoms with Crippen molar-refractivity contribution in [1.82, 2.24) is 4.31 Å². The second-order valence-corrected chi connectivity index (χ2v) is 8.22. The highest BCUT2D eigenvalue weighted by molar-refractivity contribution is 7.89. The molecule has 8 heteroatoms. The normalized spacial score (nSPS) is 12.9. The Morgan fingerprint density at radius 2 is 1.84 bits per heavy atom. The van der Waals surface area contributed by atoms with E-state index in [-0.39, 0.29) is 10.5 Å². The van der Waals surface area contributed by atoms with Crippen molar-refractivity contribution in [2.45, 2.75) is 17.9 Å². The maximum atomic E-state index is 12.9. The van der Waals surface area contributed by atoms with Gasteiger partial charge in [-0.2, -0.15) is 4.31 Å². The topological polar surface area (TPSA) is 63.7 Å². The maximum Gasteiger partial charge on any atom is 0.337 e. The van der Waals surface area contributed by atoms with Gasteiger partial charge < -0.3 is 4.74 Å². The molecular weight excluding hydrogens is 385 g/mol. The van der Waals surface area contributed by atoms with E-state index in [2.05, 4.69) is 4.74 Å². The number of carbonyl (C=O) groups excluding carboxylic acids is 1. The lowest BCUT2D eigenvalue weighted by Gasteiger charge is -2.25. The van der Waals surface area contributed by atoms with Gasteiger partial charge in [0.25, 0.3) is 0 Å². The van der Waals surface area contributed by atoms with E-state index in [9.17, 15) is 13.2 Å². The van der Waals surface area contributed by atoms with E-state index in [0.717, 1.165) is 0 Å². The lowest BCUT2D eigenvalue weighted by Crippen LogP contribution is -2.30. The third-order valence-electron chi connectivity index (χ3n) is 3.89. The number of carbonyl (C=O) groups is 1. The molecule has 0 aliphatic heterocycles. The van der Waals surface area contributed by atoms with E-state index >= 15 is 0 Å². The molecule has 0 N–H and O–H groups in total. The van der Waals surface area contributed by atoms with Crippen molar-refractivity contribution < 1.29 is 17.9 Å². The zero-order valence-corrected chi connectivity index (χ0v) is 16.2. The summed E-state index contributed by atoms with van der Waals surface area (Å²) in [7, 11) is -1.15. The molecule has 25 heavy (non-hydrogen) atoms. The van der Waals surface area contributed by atoms with Gasteiger partial charge in [0, 0.05) is 23.1 Å². The fourth-order valence-electron chi connectivity index (χ4n) is 2.31. The molecule has 134 valence electrons. The summed E-state index contributed by atoms with van der Waals surface area (Å²) >= 11 is 12.1. The molecule has 0 saturated carbocycles. The fourth-order valence-corrected chi connectivity index (χ4v) is 4.27. The summed E-state index contributed by atoms with van der Waals surface area (Å²) in [6.07, 6.45) is 0. The maximum absolute atomic E-state index is 12.9. The summed E-state index contributed by atoms with van der Waals surface area (Å²) < 4.78 is 31.6. The van der Waals surface area contributed by atoms with Crippen molar-refractivity contribution >= 4 is 39.2 Å². The van der Waals surface area contributed by atoms with Crippen LogP contribution in [0, 0.1) is 0 Å². The smallest absolute Gasteiger partial charge is 0.337 e. The van der Waals surface area contributed by atoms with Gasteiger partial charge in [0.05, 0.1) is 17.6 Å². The minimum atomic E-state index is -3.84. The Bertz CT molecular complexity index is 899. The van der Waals surface area contributed by atoms with E-state index in [1.165, 1.54) is 42.7 Å². The molecule has 0 heterocycles. The number of hydrogen-bond acceptors (Lipinski definition) is 4. The van der Waals surface area contributed by atoms with Crippen LogP contribution in [0.3, 0.4) is 0 Å². The number of sulfonamides is 1. The standard InChI is InChI=1S/C17H17Cl2NO4S/c1-11(15-8-7-13(18)10-16(15)19)20(2)25(22,23)14-6-4-5-12(9-14)17(21)24-3/h4-11H,1-3H3/t11-/m1/s1. The molecule has 0 bridgehead atoms. The van der Waals surface area contributed by atoms with Gasteiger partial charge >= 0.3 is 5.97 Å². The van der Waals surface area contributed by atoms with E-state index < -0.39 is 22.0 Å². The molecule has 2 aromatic carbocycles. The van der Waals surface area contributed by atoms with E-state index in [1.54, 1.807) is 25.1 Å². The van der Waals surface area contributed by atoms with Crippen molar-refractivity contribution in [2.75, 3.05) is 14.2 Å². The molecule has 0 fully saturated rings. The van der Waals surface area contributed by atoms with Crippen molar-refractivity contribution in [3.05, 3.63) is 63.6 Å². The van der Waals surface area contributed by atoms with Crippen LogP contribution >= 0.6 is 23.2 Å². The Hall–Kier alpha value is -1.60. The quantitative estimate of drug-likeness (QED) is 0.705. The van der Waals surface area contributed by atoms with Crippen LogP contribution in [0.4, 0.5) is 0 Å². The largest absolute Gasteiger partial charge is 0.465 e. The summed E-state index contributed by atoms with van der Waals surface area (Å²) in [5, 5.41) is 0.850. The first-order valence-corrected chi connectivity index (χ1v) is 9.49. The molecule has 0 spiro atoms. The van der Waals surface area contributed by atoms with Crippen LogP contribution in [-0.2, 0) is 14.8 Å². The minimum Gasteiger partial charge on any atom is -0.465 e. The number of benzene rings is 2. The highest BCUT2D eigenvalue weighted by Crippen LogP contribution is 2.32. The zero-order valence-electron chi connectivity index (χ0n) is 13.9. The number of halogens is 2. The Morgan fingerprint density at radius 3 is 2.44 bits per heavy atom. The van der Waals surface area contributed by atoms with Gasteiger partial charge in [-0.25, -0.2) is 13.2 Å².